The highest BCUT2D eigenvalue weighted by atomic mass is 19.4. The van der Waals surface area contributed by atoms with Crippen LogP contribution in [0.5, 0.6) is 11.8 Å². The molecule has 174 valence electrons. The van der Waals surface area contributed by atoms with Gasteiger partial charge < -0.3 is 14.8 Å². The summed E-state index contributed by atoms with van der Waals surface area (Å²) in [6.07, 6.45) is -4.49. The SMILES string of the molecule is COc1cccc(C(=O)Nc2ccc(-n3nc(OC)nc3-c3cccc(C(F)(F)F)c3)cc2)c1. The molecule has 7 nitrogen and oxygen atoms in total. The van der Waals surface area contributed by atoms with E-state index in [0.717, 1.165) is 12.1 Å². The first-order chi connectivity index (χ1) is 16.3. The lowest BCUT2D eigenvalue weighted by molar-refractivity contribution is -0.137. The molecule has 0 aliphatic rings. The number of ether oxygens (including phenoxy) is 2. The Morgan fingerprint density at radius 2 is 1.68 bits per heavy atom. The molecule has 3 aromatic carbocycles. The topological polar surface area (TPSA) is 78.3 Å². The van der Waals surface area contributed by atoms with E-state index in [1.165, 1.54) is 31.0 Å². The van der Waals surface area contributed by atoms with E-state index in [4.69, 9.17) is 9.47 Å². The summed E-state index contributed by atoms with van der Waals surface area (Å²) < 4.78 is 51.2. The molecule has 0 saturated carbocycles. The van der Waals surface area contributed by atoms with Gasteiger partial charge in [0, 0.05) is 16.8 Å². The largest absolute Gasteiger partial charge is 0.497 e. The van der Waals surface area contributed by atoms with E-state index >= 15 is 0 Å². The van der Waals surface area contributed by atoms with Crippen molar-refractivity contribution < 1.29 is 27.4 Å². The van der Waals surface area contributed by atoms with Gasteiger partial charge in [0.25, 0.3) is 5.91 Å². The number of rotatable bonds is 6. The average Bonchev–Trinajstić information content (AvgIpc) is 3.29. The Morgan fingerprint density at radius 1 is 0.941 bits per heavy atom. The first kappa shape index (κ1) is 22.8. The molecule has 1 N–H and O–H groups in total. The first-order valence-electron chi connectivity index (χ1n) is 10.0. The average molecular weight is 468 g/mol. The second-order valence-corrected chi connectivity index (χ2v) is 7.15. The van der Waals surface area contributed by atoms with Crippen LogP contribution in [0.4, 0.5) is 18.9 Å². The number of nitrogens with one attached hydrogen (secondary N) is 1. The van der Waals surface area contributed by atoms with Crippen molar-refractivity contribution in [2.45, 2.75) is 6.18 Å². The number of amides is 1. The lowest BCUT2D eigenvalue weighted by atomic mass is 10.1. The van der Waals surface area contributed by atoms with Crippen molar-refractivity contribution >= 4 is 11.6 Å². The van der Waals surface area contributed by atoms with Crippen LogP contribution in [0.1, 0.15) is 15.9 Å². The molecule has 0 atom stereocenters. The molecule has 0 spiro atoms. The lowest BCUT2D eigenvalue weighted by Gasteiger charge is -2.10. The van der Waals surface area contributed by atoms with Gasteiger partial charge >= 0.3 is 12.2 Å². The maximum Gasteiger partial charge on any atom is 0.416 e. The Labute approximate surface area is 192 Å². The van der Waals surface area contributed by atoms with Gasteiger partial charge in [0.15, 0.2) is 5.82 Å². The highest BCUT2D eigenvalue weighted by molar-refractivity contribution is 6.04. The van der Waals surface area contributed by atoms with Crippen LogP contribution >= 0.6 is 0 Å². The maximum atomic E-state index is 13.2. The summed E-state index contributed by atoms with van der Waals surface area (Å²) in [5, 5.41) is 7.01. The molecule has 0 unspecified atom stereocenters. The Balaban J connectivity index is 1.62. The van der Waals surface area contributed by atoms with Crippen molar-refractivity contribution in [3.8, 4) is 28.8 Å². The monoisotopic (exact) mass is 468 g/mol. The number of alkyl halides is 3. The van der Waals surface area contributed by atoms with E-state index in [1.807, 2.05) is 0 Å². The molecule has 0 aliphatic heterocycles. The van der Waals surface area contributed by atoms with Gasteiger partial charge in [0.05, 0.1) is 25.5 Å². The summed E-state index contributed by atoms with van der Waals surface area (Å²) in [7, 11) is 2.88. The zero-order chi connectivity index (χ0) is 24.3. The van der Waals surface area contributed by atoms with E-state index in [1.54, 1.807) is 48.5 Å². The van der Waals surface area contributed by atoms with Crippen LogP contribution in [-0.4, -0.2) is 34.9 Å². The van der Waals surface area contributed by atoms with Crippen LogP contribution in [0.3, 0.4) is 0 Å². The number of carbonyl (C=O) groups excluding carboxylic acids is 1. The third-order valence-corrected chi connectivity index (χ3v) is 4.92. The van der Waals surface area contributed by atoms with Gasteiger partial charge in [-0.05, 0) is 54.6 Å². The molecule has 1 heterocycles. The Morgan fingerprint density at radius 3 is 2.35 bits per heavy atom. The summed E-state index contributed by atoms with van der Waals surface area (Å²) in [4.78, 5) is 16.7. The molecule has 4 rings (SSSR count). The zero-order valence-electron chi connectivity index (χ0n) is 18.1. The summed E-state index contributed by atoms with van der Waals surface area (Å²) in [6.45, 7) is 0. The first-order valence-corrected chi connectivity index (χ1v) is 10.0. The number of aromatic nitrogens is 3. The standard InChI is InChI=1S/C24H19F3N4O3/c1-33-20-8-4-6-16(14-20)22(32)28-18-9-11-19(12-10-18)31-21(29-23(30-31)34-2)15-5-3-7-17(13-15)24(25,26)27/h3-14H,1-2H3,(H,28,32). The predicted molar refractivity (Wildman–Crippen MR) is 119 cm³/mol. The van der Waals surface area contributed by atoms with Crippen LogP contribution in [0.15, 0.2) is 72.8 Å². The van der Waals surface area contributed by atoms with Gasteiger partial charge in [-0.25, -0.2) is 4.68 Å². The normalized spacial score (nSPS) is 11.2. The fraction of sp³-hybridized carbons (Fsp3) is 0.125. The Hall–Kier alpha value is -4.34. The predicted octanol–water partition coefficient (Wildman–Crippen LogP) is 5.22. The molecule has 1 amide bonds. The molecule has 0 bridgehead atoms. The minimum Gasteiger partial charge on any atom is -0.497 e. The van der Waals surface area contributed by atoms with Crippen molar-refractivity contribution in [2.75, 3.05) is 19.5 Å². The fourth-order valence-corrected chi connectivity index (χ4v) is 3.23. The summed E-state index contributed by atoms with van der Waals surface area (Å²) in [6, 6.07) is 18.2. The van der Waals surface area contributed by atoms with Gasteiger partial charge in [-0.3, -0.25) is 4.79 Å². The molecule has 0 saturated heterocycles. The number of anilines is 1. The highest BCUT2D eigenvalue weighted by Gasteiger charge is 2.31. The molecule has 0 fully saturated rings. The second-order valence-electron chi connectivity index (χ2n) is 7.15. The lowest BCUT2D eigenvalue weighted by Crippen LogP contribution is -2.12. The third kappa shape index (κ3) is 4.85. The van der Waals surface area contributed by atoms with E-state index < -0.39 is 11.7 Å². The van der Waals surface area contributed by atoms with Gasteiger partial charge in [0.2, 0.25) is 0 Å². The van der Waals surface area contributed by atoms with E-state index in [-0.39, 0.29) is 23.3 Å². The van der Waals surface area contributed by atoms with E-state index in [0.29, 0.717) is 22.7 Å². The van der Waals surface area contributed by atoms with Crippen LogP contribution < -0.4 is 14.8 Å². The van der Waals surface area contributed by atoms with Crippen molar-refractivity contribution in [1.82, 2.24) is 14.8 Å². The van der Waals surface area contributed by atoms with Crippen LogP contribution in [0.25, 0.3) is 17.1 Å². The minimum absolute atomic E-state index is 0.00261. The molecular formula is C24H19F3N4O3. The second kappa shape index (κ2) is 9.26. The molecule has 34 heavy (non-hydrogen) atoms. The quantitative estimate of drug-likeness (QED) is 0.420. The number of hydrogen-bond acceptors (Lipinski definition) is 5. The number of carbonyl (C=O) groups is 1. The number of methoxy groups -OCH3 is 2. The van der Waals surface area contributed by atoms with Crippen LogP contribution in [0, 0.1) is 0 Å². The molecule has 1 aromatic heterocycles. The summed E-state index contributed by atoms with van der Waals surface area (Å²) in [5.41, 5.74) is 0.887. The third-order valence-electron chi connectivity index (χ3n) is 4.92. The van der Waals surface area contributed by atoms with Crippen molar-refractivity contribution in [3.05, 3.63) is 83.9 Å². The highest BCUT2D eigenvalue weighted by Crippen LogP contribution is 2.33. The number of benzene rings is 3. The van der Waals surface area contributed by atoms with Crippen molar-refractivity contribution in [3.63, 3.8) is 0 Å². The van der Waals surface area contributed by atoms with Gasteiger partial charge in [-0.15, -0.1) is 5.10 Å². The maximum absolute atomic E-state index is 13.2. The molecule has 4 aromatic rings. The van der Waals surface area contributed by atoms with Crippen molar-refractivity contribution in [2.24, 2.45) is 0 Å². The van der Waals surface area contributed by atoms with E-state index in [9.17, 15) is 18.0 Å². The van der Waals surface area contributed by atoms with Crippen LogP contribution in [-0.2, 0) is 6.18 Å². The number of nitrogens with zero attached hydrogens (tertiary/aromatic N) is 3. The summed E-state index contributed by atoms with van der Waals surface area (Å²) in [5.74, 6) is 0.417. The number of hydrogen-bond donors (Lipinski definition) is 1. The molecule has 0 aliphatic carbocycles. The fourth-order valence-electron chi connectivity index (χ4n) is 3.23. The Kier molecular flexibility index (Phi) is 6.22. The molecular weight excluding hydrogens is 449 g/mol. The zero-order valence-corrected chi connectivity index (χ0v) is 18.1. The Bertz CT molecular complexity index is 1320. The smallest absolute Gasteiger partial charge is 0.416 e. The van der Waals surface area contributed by atoms with Gasteiger partial charge in [-0.2, -0.15) is 18.2 Å². The van der Waals surface area contributed by atoms with Crippen molar-refractivity contribution in [1.29, 1.82) is 0 Å². The molecule has 10 heteroatoms. The summed E-state index contributed by atoms with van der Waals surface area (Å²) >= 11 is 0. The number of halogens is 3. The van der Waals surface area contributed by atoms with Crippen LogP contribution in [0.2, 0.25) is 0 Å². The van der Waals surface area contributed by atoms with Gasteiger partial charge in [-0.1, -0.05) is 18.2 Å². The van der Waals surface area contributed by atoms with E-state index in [2.05, 4.69) is 15.4 Å². The molecule has 0 radical (unpaired) electrons. The minimum atomic E-state index is -4.49. The van der Waals surface area contributed by atoms with Gasteiger partial charge in [0.1, 0.15) is 5.75 Å².